The average Bonchev–Trinajstić information content (AvgIpc) is 3.38. The van der Waals surface area contributed by atoms with Crippen molar-refractivity contribution in [2.24, 2.45) is 0 Å². The van der Waals surface area contributed by atoms with Gasteiger partial charge in [-0.05, 0) is 38.0 Å². The molecule has 2 aromatic heterocycles. The molecule has 4 rings (SSSR count). The lowest BCUT2D eigenvalue weighted by atomic mass is 10.1. The number of carbonyl (C=O) groups is 1. The molecular formula is C18H19N5O3S. The number of aromatic nitrogens is 3. The molecule has 0 unspecified atom stereocenters. The van der Waals surface area contributed by atoms with Gasteiger partial charge in [0.1, 0.15) is 5.65 Å². The van der Waals surface area contributed by atoms with E-state index in [0.29, 0.717) is 23.0 Å². The average molecular weight is 385 g/mol. The standard InChI is InChI=1S/C18H19N5O3S/c1-2-27(25,26)22-13-5-3-12(4-6-13)16-15-9-10-19-17(15)21-18(20-16)23(11-24)14-7-8-14/h3-6,9-11,14,22H,2,7-8H2,1H3,(H,19,20,21). The molecule has 140 valence electrons. The summed E-state index contributed by atoms with van der Waals surface area (Å²) in [5.41, 5.74) is 2.64. The lowest BCUT2D eigenvalue weighted by Gasteiger charge is -2.15. The molecule has 0 spiro atoms. The third kappa shape index (κ3) is 3.50. The van der Waals surface area contributed by atoms with Crippen molar-refractivity contribution in [1.82, 2.24) is 15.0 Å². The van der Waals surface area contributed by atoms with Crippen LogP contribution in [-0.2, 0) is 14.8 Å². The monoisotopic (exact) mass is 385 g/mol. The number of carbonyl (C=O) groups excluding carboxylic acids is 1. The van der Waals surface area contributed by atoms with Gasteiger partial charge in [-0.25, -0.2) is 13.4 Å². The van der Waals surface area contributed by atoms with Crippen LogP contribution < -0.4 is 9.62 Å². The van der Waals surface area contributed by atoms with Crippen LogP contribution in [0.3, 0.4) is 0 Å². The third-order valence-electron chi connectivity index (χ3n) is 4.50. The molecule has 1 amide bonds. The first-order valence-corrected chi connectivity index (χ1v) is 10.4. The van der Waals surface area contributed by atoms with Crippen LogP contribution in [0.25, 0.3) is 22.3 Å². The van der Waals surface area contributed by atoms with Crippen molar-refractivity contribution in [2.45, 2.75) is 25.8 Å². The molecule has 1 aliphatic carbocycles. The van der Waals surface area contributed by atoms with Gasteiger partial charge in [-0.3, -0.25) is 14.4 Å². The number of hydrogen-bond acceptors (Lipinski definition) is 5. The molecule has 2 heterocycles. The maximum Gasteiger partial charge on any atom is 0.234 e. The Kier molecular flexibility index (Phi) is 4.31. The Hall–Kier alpha value is -2.94. The second-order valence-electron chi connectivity index (χ2n) is 6.44. The van der Waals surface area contributed by atoms with Crippen molar-refractivity contribution in [3.8, 4) is 11.3 Å². The number of sulfonamides is 1. The number of amides is 1. The number of anilines is 2. The second-order valence-corrected chi connectivity index (χ2v) is 8.45. The highest BCUT2D eigenvalue weighted by molar-refractivity contribution is 7.92. The summed E-state index contributed by atoms with van der Waals surface area (Å²) in [6.45, 7) is 1.58. The fourth-order valence-electron chi connectivity index (χ4n) is 2.86. The number of rotatable bonds is 7. The largest absolute Gasteiger partial charge is 0.346 e. The van der Waals surface area contributed by atoms with Crippen molar-refractivity contribution in [1.29, 1.82) is 0 Å². The molecule has 8 nitrogen and oxygen atoms in total. The van der Waals surface area contributed by atoms with Crippen LogP contribution in [0.4, 0.5) is 11.6 Å². The molecule has 0 aliphatic heterocycles. The quantitative estimate of drug-likeness (QED) is 0.608. The van der Waals surface area contributed by atoms with Crippen molar-refractivity contribution in [2.75, 3.05) is 15.4 Å². The van der Waals surface area contributed by atoms with Crippen LogP contribution >= 0.6 is 0 Å². The summed E-state index contributed by atoms with van der Waals surface area (Å²) in [4.78, 5) is 25.2. The van der Waals surface area contributed by atoms with Crippen molar-refractivity contribution >= 4 is 39.1 Å². The molecule has 1 fully saturated rings. The van der Waals surface area contributed by atoms with Gasteiger partial charge in [-0.1, -0.05) is 12.1 Å². The zero-order valence-corrected chi connectivity index (χ0v) is 15.5. The van der Waals surface area contributed by atoms with Gasteiger partial charge in [0.15, 0.2) is 0 Å². The maximum atomic E-state index is 11.7. The smallest absolute Gasteiger partial charge is 0.234 e. The van der Waals surface area contributed by atoms with E-state index < -0.39 is 10.0 Å². The summed E-state index contributed by atoms with van der Waals surface area (Å²) in [5.74, 6) is 0.379. The van der Waals surface area contributed by atoms with Gasteiger partial charge < -0.3 is 4.98 Å². The molecule has 0 bridgehead atoms. The Labute approximate surface area is 156 Å². The number of nitrogens with one attached hydrogen (secondary N) is 2. The number of benzene rings is 1. The number of aromatic amines is 1. The topological polar surface area (TPSA) is 108 Å². The molecule has 0 radical (unpaired) electrons. The second kappa shape index (κ2) is 6.66. The first-order chi connectivity index (χ1) is 13.0. The first kappa shape index (κ1) is 17.5. The van der Waals surface area contributed by atoms with E-state index in [-0.39, 0.29) is 11.8 Å². The normalized spacial score (nSPS) is 14.3. The highest BCUT2D eigenvalue weighted by atomic mass is 32.2. The SMILES string of the molecule is CCS(=O)(=O)Nc1ccc(-c2nc(N(C=O)C3CC3)nc3[nH]ccc23)cc1. The van der Waals surface area contributed by atoms with E-state index in [9.17, 15) is 13.2 Å². The van der Waals surface area contributed by atoms with Crippen LogP contribution in [0.1, 0.15) is 19.8 Å². The summed E-state index contributed by atoms with van der Waals surface area (Å²) >= 11 is 0. The highest BCUT2D eigenvalue weighted by Gasteiger charge is 2.31. The first-order valence-electron chi connectivity index (χ1n) is 8.70. The summed E-state index contributed by atoms with van der Waals surface area (Å²) in [7, 11) is -3.33. The fraction of sp³-hybridized carbons (Fsp3) is 0.278. The number of nitrogens with zero attached hydrogens (tertiary/aromatic N) is 3. The van der Waals surface area contributed by atoms with E-state index in [2.05, 4.69) is 19.7 Å². The maximum absolute atomic E-state index is 11.7. The minimum atomic E-state index is -3.33. The van der Waals surface area contributed by atoms with E-state index in [4.69, 9.17) is 0 Å². The van der Waals surface area contributed by atoms with Crippen LogP contribution in [0.2, 0.25) is 0 Å². The van der Waals surface area contributed by atoms with Crippen molar-refractivity contribution in [3.63, 3.8) is 0 Å². The molecule has 2 N–H and O–H groups in total. The van der Waals surface area contributed by atoms with E-state index in [1.54, 1.807) is 42.3 Å². The van der Waals surface area contributed by atoms with Gasteiger partial charge in [0, 0.05) is 28.9 Å². The summed E-state index contributed by atoms with van der Waals surface area (Å²) in [5, 5.41) is 0.835. The van der Waals surface area contributed by atoms with Gasteiger partial charge in [0.25, 0.3) is 0 Å². The summed E-state index contributed by atoms with van der Waals surface area (Å²) in [6, 6.07) is 9.03. The molecule has 1 aliphatic rings. The molecule has 3 aromatic rings. The molecule has 0 atom stereocenters. The molecule has 1 aromatic carbocycles. The van der Waals surface area contributed by atoms with Crippen LogP contribution in [-0.4, -0.2) is 41.6 Å². The molecular weight excluding hydrogens is 366 g/mol. The number of hydrogen-bond donors (Lipinski definition) is 2. The highest BCUT2D eigenvalue weighted by Crippen LogP contribution is 2.32. The Morgan fingerprint density at radius 1 is 1.22 bits per heavy atom. The molecule has 1 saturated carbocycles. The van der Waals surface area contributed by atoms with Crippen molar-refractivity contribution in [3.05, 3.63) is 36.5 Å². The Morgan fingerprint density at radius 3 is 2.59 bits per heavy atom. The lowest BCUT2D eigenvalue weighted by molar-refractivity contribution is -0.107. The zero-order valence-electron chi connectivity index (χ0n) is 14.7. The minimum absolute atomic E-state index is 0.0106. The van der Waals surface area contributed by atoms with E-state index in [0.717, 1.165) is 30.2 Å². The summed E-state index contributed by atoms with van der Waals surface area (Å²) < 4.78 is 25.9. The van der Waals surface area contributed by atoms with E-state index in [1.807, 2.05) is 6.07 Å². The van der Waals surface area contributed by atoms with Gasteiger partial charge >= 0.3 is 0 Å². The van der Waals surface area contributed by atoms with Gasteiger partial charge in [0.05, 0.1) is 11.4 Å². The summed E-state index contributed by atoms with van der Waals surface area (Å²) in [6.07, 6.45) is 4.45. The number of H-pyrrole nitrogens is 1. The predicted octanol–water partition coefficient (Wildman–Crippen LogP) is 2.51. The van der Waals surface area contributed by atoms with Crippen LogP contribution in [0, 0.1) is 0 Å². The van der Waals surface area contributed by atoms with Crippen molar-refractivity contribution < 1.29 is 13.2 Å². The van der Waals surface area contributed by atoms with Gasteiger partial charge in [-0.15, -0.1) is 0 Å². The Balaban J connectivity index is 1.74. The van der Waals surface area contributed by atoms with E-state index >= 15 is 0 Å². The molecule has 27 heavy (non-hydrogen) atoms. The van der Waals surface area contributed by atoms with Gasteiger partial charge in [-0.2, -0.15) is 4.98 Å². The minimum Gasteiger partial charge on any atom is -0.346 e. The third-order valence-corrected chi connectivity index (χ3v) is 5.81. The molecule has 0 saturated heterocycles. The Bertz CT molecular complexity index is 1090. The Morgan fingerprint density at radius 2 is 1.96 bits per heavy atom. The van der Waals surface area contributed by atoms with Gasteiger partial charge in [0.2, 0.25) is 22.4 Å². The van der Waals surface area contributed by atoms with Crippen LogP contribution in [0.15, 0.2) is 36.5 Å². The molecule has 9 heteroatoms. The fourth-order valence-corrected chi connectivity index (χ4v) is 3.50. The number of fused-ring (bicyclic) bond motifs is 1. The lowest BCUT2D eigenvalue weighted by Crippen LogP contribution is -2.25. The van der Waals surface area contributed by atoms with Crippen LogP contribution in [0.5, 0.6) is 0 Å². The zero-order chi connectivity index (χ0) is 19.0. The predicted molar refractivity (Wildman–Crippen MR) is 104 cm³/mol. The van der Waals surface area contributed by atoms with E-state index in [1.165, 1.54) is 0 Å².